The summed E-state index contributed by atoms with van der Waals surface area (Å²) in [6, 6.07) is 0. The lowest BCUT2D eigenvalue weighted by molar-refractivity contribution is -0.357. The van der Waals surface area contributed by atoms with Crippen molar-refractivity contribution in [2.24, 2.45) is 0 Å². The average molecular weight is 637 g/mol. The number of ether oxygens (including phenoxy) is 10. The number of hydrogen-bond donors (Lipinski definition) is 1. The fourth-order valence-electron chi connectivity index (χ4n) is 4.49. The molecule has 1 unspecified atom stereocenters. The molecule has 0 aromatic carbocycles. The molecular weight excluding hydrogens is 600 g/mol. The van der Waals surface area contributed by atoms with E-state index in [1.807, 2.05) is 0 Å². The van der Waals surface area contributed by atoms with Gasteiger partial charge in [0.1, 0.15) is 31.5 Å². The Hall–Kier alpha value is -3.87. The topological polar surface area (TPSA) is 232 Å². The predicted molar refractivity (Wildman–Crippen MR) is 135 cm³/mol. The molecular formula is C26H36O18. The standard InChI is InChI=1S/C26H36O18/c1-10(27)35-8-17-20(21(38-13(4)30)23(25(34)42-17)40-15(6)32)44-26-24(41-16(7)33)22(39-14(5)31)19(37-12(3)29)18(43-26)9-36-11(2)28/h17-26,34H,8-9H2,1-7H3/t17-,18-,19-,20-,21+,22+,23-,24-,25?,26-/m1/s1. The minimum absolute atomic E-state index is 0.572. The molecule has 2 saturated heterocycles. The van der Waals surface area contributed by atoms with Crippen molar-refractivity contribution in [1.82, 2.24) is 0 Å². The Kier molecular flexibility index (Phi) is 13.4. The zero-order valence-corrected chi connectivity index (χ0v) is 25.1. The summed E-state index contributed by atoms with van der Waals surface area (Å²) in [5.41, 5.74) is 0. The van der Waals surface area contributed by atoms with E-state index < -0.39 is 116 Å². The maximum atomic E-state index is 12.2. The van der Waals surface area contributed by atoms with Gasteiger partial charge in [-0.15, -0.1) is 0 Å². The summed E-state index contributed by atoms with van der Waals surface area (Å²) in [6.45, 7) is 6.11. The number of aliphatic hydroxyl groups is 1. The van der Waals surface area contributed by atoms with E-state index in [4.69, 9.17) is 47.4 Å². The van der Waals surface area contributed by atoms with Gasteiger partial charge in [-0.3, -0.25) is 33.6 Å². The van der Waals surface area contributed by atoms with Crippen LogP contribution in [-0.4, -0.2) is 122 Å². The van der Waals surface area contributed by atoms with Crippen LogP contribution in [0.3, 0.4) is 0 Å². The van der Waals surface area contributed by atoms with Crippen LogP contribution in [0.1, 0.15) is 48.5 Å². The number of esters is 7. The molecule has 0 aliphatic carbocycles. The van der Waals surface area contributed by atoms with E-state index in [2.05, 4.69) is 0 Å². The monoisotopic (exact) mass is 636 g/mol. The second-order valence-corrected chi connectivity index (χ2v) is 9.68. The highest BCUT2D eigenvalue weighted by atomic mass is 16.8. The van der Waals surface area contributed by atoms with Gasteiger partial charge in [0, 0.05) is 48.5 Å². The van der Waals surface area contributed by atoms with Crippen LogP contribution in [0.15, 0.2) is 0 Å². The lowest BCUT2D eigenvalue weighted by atomic mass is 9.96. The van der Waals surface area contributed by atoms with Crippen molar-refractivity contribution in [2.75, 3.05) is 13.2 Å². The van der Waals surface area contributed by atoms with Crippen LogP contribution < -0.4 is 0 Å². The van der Waals surface area contributed by atoms with E-state index in [1.54, 1.807) is 0 Å². The van der Waals surface area contributed by atoms with E-state index in [1.165, 1.54) is 0 Å². The van der Waals surface area contributed by atoms with Gasteiger partial charge >= 0.3 is 41.8 Å². The Bertz CT molecular complexity index is 1090. The molecule has 0 saturated carbocycles. The third kappa shape index (κ3) is 10.7. The van der Waals surface area contributed by atoms with Crippen molar-refractivity contribution in [1.29, 1.82) is 0 Å². The van der Waals surface area contributed by atoms with Crippen LogP contribution in [0.5, 0.6) is 0 Å². The van der Waals surface area contributed by atoms with Gasteiger partial charge in [0.2, 0.25) is 0 Å². The maximum Gasteiger partial charge on any atom is 0.303 e. The van der Waals surface area contributed by atoms with E-state index in [0.717, 1.165) is 48.5 Å². The van der Waals surface area contributed by atoms with Crippen molar-refractivity contribution in [3.63, 3.8) is 0 Å². The first-order chi connectivity index (χ1) is 20.5. The molecule has 0 amide bonds. The highest BCUT2D eigenvalue weighted by molar-refractivity contribution is 5.69. The van der Waals surface area contributed by atoms with Crippen LogP contribution >= 0.6 is 0 Å². The highest BCUT2D eigenvalue weighted by Gasteiger charge is 2.57. The second kappa shape index (κ2) is 16.3. The lowest BCUT2D eigenvalue weighted by Crippen LogP contribution is -2.67. The summed E-state index contributed by atoms with van der Waals surface area (Å²) >= 11 is 0. The normalized spacial score (nSPS) is 31.5. The third-order valence-corrected chi connectivity index (χ3v) is 5.90. The molecule has 2 fully saturated rings. The Morgan fingerprint density at radius 1 is 0.477 bits per heavy atom. The molecule has 0 aromatic rings. The molecule has 18 nitrogen and oxygen atoms in total. The van der Waals surface area contributed by atoms with Gasteiger partial charge < -0.3 is 52.5 Å². The van der Waals surface area contributed by atoms with Crippen molar-refractivity contribution in [3.05, 3.63) is 0 Å². The summed E-state index contributed by atoms with van der Waals surface area (Å²) in [5, 5.41) is 10.6. The van der Waals surface area contributed by atoms with Crippen LogP contribution in [0, 0.1) is 0 Å². The summed E-state index contributed by atoms with van der Waals surface area (Å²) in [5.74, 6) is -6.03. The number of carbonyl (C=O) groups is 7. The van der Waals surface area contributed by atoms with Gasteiger partial charge in [0.05, 0.1) is 0 Å². The second-order valence-electron chi connectivity index (χ2n) is 9.68. The molecule has 2 aliphatic rings. The molecule has 248 valence electrons. The number of carbonyl (C=O) groups excluding carboxylic acids is 7. The smallest absolute Gasteiger partial charge is 0.303 e. The van der Waals surface area contributed by atoms with Gasteiger partial charge in [-0.2, -0.15) is 0 Å². The minimum Gasteiger partial charge on any atom is -0.463 e. The van der Waals surface area contributed by atoms with Crippen molar-refractivity contribution < 1.29 is 86.0 Å². The van der Waals surface area contributed by atoms with Gasteiger partial charge in [-0.05, 0) is 0 Å². The fourth-order valence-corrected chi connectivity index (χ4v) is 4.49. The molecule has 1 N–H and O–H groups in total. The molecule has 0 bridgehead atoms. The molecule has 10 atom stereocenters. The van der Waals surface area contributed by atoms with Gasteiger partial charge in [-0.1, -0.05) is 0 Å². The largest absolute Gasteiger partial charge is 0.463 e. The van der Waals surface area contributed by atoms with Gasteiger partial charge in [0.15, 0.2) is 43.1 Å². The molecule has 0 spiro atoms. The van der Waals surface area contributed by atoms with Crippen LogP contribution in [0.2, 0.25) is 0 Å². The van der Waals surface area contributed by atoms with Crippen molar-refractivity contribution in [3.8, 4) is 0 Å². The van der Waals surface area contributed by atoms with Crippen molar-refractivity contribution in [2.45, 2.75) is 110 Å². The summed E-state index contributed by atoms with van der Waals surface area (Å²) in [7, 11) is 0. The third-order valence-electron chi connectivity index (χ3n) is 5.90. The summed E-state index contributed by atoms with van der Waals surface area (Å²) in [6.07, 6.45) is -16.3. The zero-order chi connectivity index (χ0) is 33.3. The lowest BCUT2D eigenvalue weighted by Gasteiger charge is -2.48. The average Bonchev–Trinajstić information content (AvgIpc) is 2.87. The Labute approximate surface area is 251 Å². The number of hydrogen-bond acceptors (Lipinski definition) is 18. The number of aliphatic hydroxyl groups excluding tert-OH is 1. The van der Waals surface area contributed by atoms with Gasteiger partial charge in [-0.25, -0.2) is 0 Å². The van der Waals surface area contributed by atoms with E-state index >= 15 is 0 Å². The quantitative estimate of drug-likeness (QED) is 0.203. The summed E-state index contributed by atoms with van der Waals surface area (Å²) in [4.78, 5) is 83.5. The first-order valence-corrected chi connectivity index (χ1v) is 13.3. The molecule has 0 aromatic heterocycles. The predicted octanol–water partition coefficient (Wildman–Crippen LogP) is -1.40. The van der Waals surface area contributed by atoms with Gasteiger partial charge in [0.25, 0.3) is 0 Å². The fraction of sp³-hybridized carbons (Fsp3) is 0.731. The van der Waals surface area contributed by atoms with E-state index in [9.17, 15) is 38.7 Å². The first-order valence-electron chi connectivity index (χ1n) is 13.3. The SMILES string of the molecule is CC(=O)OC[C@H]1O[C@H](O[C@H]2[C@H](OC(C)=O)[C@@H](OC(C)=O)C(O)O[C@@H]2COC(C)=O)[C@H](OC(C)=O)[C@@H](OC(C)=O)[C@@H]1OC(C)=O. The molecule has 18 heteroatoms. The maximum absolute atomic E-state index is 12.2. The zero-order valence-electron chi connectivity index (χ0n) is 25.1. The molecule has 2 rings (SSSR count). The molecule has 44 heavy (non-hydrogen) atoms. The first kappa shape index (κ1) is 36.3. The van der Waals surface area contributed by atoms with Crippen LogP contribution in [-0.2, 0) is 80.9 Å². The summed E-state index contributed by atoms with van der Waals surface area (Å²) < 4.78 is 54.1. The van der Waals surface area contributed by atoms with Crippen molar-refractivity contribution >= 4 is 41.8 Å². The van der Waals surface area contributed by atoms with Crippen LogP contribution in [0.25, 0.3) is 0 Å². The Morgan fingerprint density at radius 3 is 1.27 bits per heavy atom. The van der Waals surface area contributed by atoms with E-state index in [0.29, 0.717) is 0 Å². The molecule has 2 heterocycles. The molecule has 0 radical (unpaired) electrons. The highest BCUT2D eigenvalue weighted by Crippen LogP contribution is 2.34. The Morgan fingerprint density at radius 2 is 0.841 bits per heavy atom. The Balaban J connectivity index is 2.66. The minimum atomic E-state index is -1.90. The number of rotatable bonds is 11. The van der Waals surface area contributed by atoms with E-state index in [-0.39, 0.29) is 0 Å². The van der Waals surface area contributed by atoms with Crippen LogP contribution in [0.4, 0.5) is 0 Å². The molecule has 2 aliphatic heterocycles.